The van der Waals surface area contributed by atoms with Crippen molar-refractivity contribution >= 4 is 5.83 Å². The van der Waals surface area contributed by atoms with Gasteiger partial charge in [-0.25, -0.2) is 8.78 Å². The van der Waals surface area contributed by atoms with Gasteiger partial charge < -0.3 is 0 Å². The number of hydrogen-bond acceptors (Lipinski definition) is 0. The summed E-state index contributed by atoms with van der Waals surface area (Å²) in [6.07, 6.45) is 8.10. The Hall–Kier alpha value is -1.18. The molecule has 0 heterocycles. The third-order valence-electron chi connectivity index (χ3n) is 4.86. The van der Waals surface area contributed by atoms with Gasteiger partial charge in [0.25, 0.3) is 0 Å². The molecule has 2 heteroatoms. The molecular formula is C20H28F2. The van der Waals surface area contributed by atoms with Crippen LogP contribution in [-0.4, -0.2) is 0 Å². The SMILES string of the molecule is CCCc1ccc(/C(F)=C(\F)[C@H]2CC[C@H](CCC)CC2)cc1. The zero-order chi connectivity index (χ0) is 15.9. The molecule has 1 aliphatic rings. The summed E-state index contributed by atoms with van der Waals surface area (Å²) in [4.78, 5) is 0. The summed E-state index contributed by atoms with van der Waals surface area (Å²) in [6.45, 7) is 4.30. The number of benzene rings is 1. The highest BCUT2D eigenvalue weighted by Crippen LogP contribution is 2.38. The Morgan fingerprint density at radius 2 is 1.59 bits per heavy atom. The lowest BCUT2D eigenvalue weighted by atomic mass is 9.79. The molecule has 2 rings (SSSR count). The first-order valence-corrected chi connectivity index (χ1v) is 8.80. The predicted molar refractivity (Wildman–Crippen MR) is 89.9 cm³/mol. The molecule has 1 saturated carbocycles. The molecule has 0 atom stereocenters. The van der Waals surface area contributed by atoms with Gasteiger partial charge in [0.05, 0.1) is 0 Å². The molecular weight excluding hydrogens is 278 g/mol. The molecule has 0 amide bonds. The Kier molecular flexibility index (Phi) is 6.60. The second-order valence-electron chi connectivity index (χ2n) is 6.62. The Balaban J connectivity index is 2.02. The minimum atomic E-state index is -0.651. The summed E-state index contributed by atoms with van der Waals surface area (Å²) in [5, 5.41) is 0. The van der Waals surface area contributed by atoms with Gasteiger partial charge in [-0.05, 0) is 43.6 Å². The van der Waals surface area contributed by atoms with Gasteiger partial charge >= 0.3 is 0 Å². The summed E-state index contributed by atoms with van der Waals surface area (Å²) in [5.41, 5.74) is 1.56. The highest BCUT2D eigenvalue weighted by molar-refractivity contribution is 5.61. The van der Waals surface area contributed by atoms with Crippen LogP contribution in [0.1, 0.15) is 69.9 Å². The zero-order valence-electron chi connectivity index (χ0n) is 13.9. The molecule has 0 unspecified atom stereocenters. The second kappa shape index (κ2) is 8.45. The van der Waals surface area contributed by atoms with E-state index in [2.05, 4.69) is 13.8 Å². The van der Waals surface area contributed by atoms with Gasteiger partial charge in [0, 0.05) is 11.5 Å². The summed E-state index contributed by atoms with van der Waals surface area (Å²) in [7, 11) is 0. The van der Waals surface area contributed by atoms with Crippen LogP contribution in [0.3, 0.4) is 0 Å². The summed E-state index contributed by atoms with van der Waals surface area (Å²) < 4.78 is 28.8. The number of allylic oxidation sites excluding steroid dienone is 1. The molecule has 1 fully saturated rings. The molecule has 1 aliphatic carbocycles. The topological polar surface area (TPSA) is 0 Å². The first-order valence-electron chi connectivity index (χ1n) is 8.80. The van der Waals surface area contributed by atoms with Crippen molar-refractivity contribution in [2.75, 3.05) is 0 Å². The molecule has 0 N–H and O–H groups in total. The van der Waals surface area contributed by atoms with Crippen molar-refractivity contribution in [1.82, 2.24) is 0 Å². The summed E-state index contributed by atoms with van der Waals surface area (Å²) in [5.74, 6) is -0.686. The van der Waals surface area contributed by atoms with E-state index in [1.807, 2.05) is 12.1 Å². The Bertz CT molecular complexity index is 479. The van der Waals surface area contributed by atoms with Gasteiger partial charge in [0.1, 0.15) is 5.83 Å². The van der Waals surface area contributed by atoms with E-state index in [1.54, 1.807) is 12.1 Å². The highest BCUT2D eigenvalue weighted by atomic mass is 19.2. The minimum absolute atomic E-state index is 0.219. The molecule has 22 heavy (non-hydrogen) atoms. The average Bonchev–Trinajstić information content (AvgIpc) is 2.55. The lowest BCUT2D eigenvalue weighted by molar-refractivity contribution is 0.261. The molecule has 1 aromatic carbocycles. The fraction of sp³-hybridized carbons (Fsp3) is 0.600. The summed E-state index contributed by atoms with van der Waals surface area (Å²) >= 11 is 0. The predicted octanol–water partition coefficient (Wildman–Crippen LogP) is 6.85. The van der Waals surface area contributed by atoms with Crippen LogP contribution >= 0.6 is 0 Å². The third-order valence-corrected chi connectivity index (χ3v) is 4.86. The van der Waals surface area contributed by atoms with E-state index >= 15 is 0 Å². The molecule has 0 bridgehead atoms. The van der Waals surface area contributed by atoms with Crippen LogP contribution in [0.2, 0.25) is 0 Å². The molecule has 0 aromatic heterocycles. The van der Waals surface area contributed by atoms with Gasteiger partial charge in [-0.3, -0.25) is 0 Å². The molecule has 122 valence electrons. The smallest absolute Gasteiger partial charge is 0.162 e. The first kappa shape index (κ1) is 17.2. The van der Waals surface area contributed by atoms with E-state index in [4.69, 9.17) is 0 Å². The molecule has 0 spiro atoms. The molecule has 1 aromatic rings. The van der Waals surface area contributed by atoms with Crippen LogP contribution < -0.4 is 0 Å². The van der Waals surface area contributed by atoms with Gasteiger partial charge in [-0.15, -0.1) is 0 Å². The van der Waals surface area contributed by atoms with E-state index in [0.717, 1.165) is 38.5 Å². The van der Waals surface area contributed by atoms with Crippen LogP contribution in [0.4, 0.5) is 8.78 Å². The van der Waals surface area contributed by atoms with Crippen LogP contribution in [0.5, 0.6) is 0 Å². The van der Waals surface area contributed by atoms with Crippen molar-refractivity contribution in [3.8, 4) is 0 Å². The lowest BCUT2D eigenvalue weighted by Gasteiger charge is -2.27. The van der Waals surface area contributed by atoms with Crippen LogP contribution in [-0.2, 0) is 6.42 Å². The van der Waals surface area contributed by atoms with Crippen molar-refractivity contribution in [1.29, 1.82) is 0 Å². The van der Waals surface area contributed by atoms with E-state index in [-0.39, 0.29) is 5.92 Å². The fourth-order valence-electron chi connectivity index (χ4n) is 3.54. The van der Waals surface area contributed by atoms with Crippen molar-refractivity contribution in [3.05, 3.63) is 41.2 Å². The van der Waals surface area contributed by atoms with Crippen molar-refractivity contribution in [3.63, 3.8) is 0 Å². The quantitative estimate of drug-likeness (QED) is 0.539. The molecule has 0 aliphatic heterocycles. The highest BCUT2D eigenvalue weighted by Gasteiger charge is 2.26. The van der Waals surface area contributed by atoms with Crippen molar-refractivity contribution < 1.29 is 8.78 Å². The van der Waals surface area contributed by atoms with E-state index in [1.165, 1.54) is 18.4 Å². The lowest BCUT2D eigenvalue weighted by Crippen LogP contribution is -2.15. The van der Waals surface area contributed by atoms with E-state index in [9.17, 15) is 8.78 Å². The average molecular weight is 306 g/mol. The van der Waals surface area contributed by atoms with Gasteiger partial charge in [0.2, 0.25) is 0 Å². The Morgan fingerprint density at radius 3 is 2.14 bits per heavy atom. The fourth-order valence-corrected chi connectivity index (χ4v) is 3.54. The van der Waals surface area contributed by atoms with E-state index < -0.39 is 11.7 Å². The molecule has 0 radical (unpaired) electrons. The van der Waals surface area contributed by atoms with Crippen LogP contribution in [0.15, 0.2) is 30.1 Å². The van der Waals surface area contributed by atoms with Crippen LogP contribution in [0.25, 0.3) is 5.83 Å². The van der Waals surface area contributed by atoms with E-state index in [0.29, 0.717) is 11.5 Å². The maximum atomic E-state index is 14.4. The number of rotatable bonds is 6. The first-order chi connectivity index (χ1) is 10.7. The van der Waals surface area contributed by atoms with Crippen LogP contribution in [0, 0.1) is 11.8 Å². The summed E-state index contributed by atoms with van der Waals surface area (Å²) in [6, 6.07) is 7.24. The number of aryl methyl sites for hydroxylation is 1. The Morgan fingerprint density at radius 1 is 0.955 bits per heavy atom. The molecule has 0 saturated heterocycles. The second-order valence-corrected chi connectivity index (χ2v) is 6.62. The van der Waals surface area contributed by atoms with Gasteiger partial charge in [0.15, 0.2) is 5.83 Å². The zero-order valence-corrected chi connectivity index (χ0v) is 13.9. The maximum Gasteiger partial charge on any atom is 0.162 e. The normalized spacial score (nSPS) is 23.3. The largest absolute Gasteiger partial charge is 0.208 e. The van der Waals surface area contributed by atoms with Crippen molar-refractivity contribution in [2.45, 2.75) is 65.2 Å². The van der Waals surface area contributed by atoms with Gasteiger partial charge in [-0.2, -0.15) is 0 Å². The monoisotopic (exact) mass is 306 g/mol. The number of hydrogen-bond donors (Lipinski definition) is 0. The third kappa shape index (κ3) is 4.41. The van der Waals surface area contributed by atoms with Gasteiger partial charge in [-0.1, -0.05) is 57.4 Å². The standard InChI is InChI=1S/C20H28F2/c1-3-5-15-7-11-17(12-8-15)19(21)20(22)18-13-9-16(6-4-2)10-14-18/h7-8,11-12,16,18H,3-6,9-10,13-14H2,1-2H3/b20-19+/t16-,18-. The van der Waals surface area contributed by atoms with Crippen molar-refractivity contribution in [2.24, 2.45) is 11.8 Å². The number of halogens is 2. The molecule has 0 nitrogen and oxygen atoms in total. The maximum absolute atomic E-state index is 14.4. The minimum Gasteiger partial charge on any atom is -0.208 e. The Labute approximate surface area is 133 Å².